The maximum absolute atomic E-state index is 11.9. The van der Waals surface area contributed by atoms with Gasteiger partial charge in [-0.2, -0.15) is 5.10 Å². The van der Waals surface area contributed by atoms with Gasteiger partial charge < -0.3 is 9.47 Å². The monoisotopic (exact) mass is 466 g/mol. The van der Waals surface area contributed by atoms with Crippen LogP contribution in [0.3, 0.4) is 0 Å². The van der Waals surface area contributed by atoms with E-state index in [1.807, 2.05) is 49.4 Å². The summed E-state index contributed by atoms with van der Waals surface area (Å²) in [7, 11) is 0. The quantitative estimate of drug-likeness (QED) is 0.343. The maximum Gasteiger partial charge on any atom is 0.244 e. The van der Waals surface area contributed by atoms with Gasteiger partial charge in [-0.1, -0.05) is 37.3 Å². The molecule has 0 unspecified atom stereocenters. The van der Waals surface area contributed by atoms with Gasteiger partial charge in [-0.3, -0.25) is 4.79 Å². The zero-order chi connectivity index (χ0) is 18.8. The number of ether oxygens (including phenoxy) is 2. The SMILES string of the molecule is CCCOc1c(I)cc(/C=N/NC(=O)Cc2ccccc2)cc1OCC. The molecule has 1 N–H and O–H groups in total. The minimum absolute atomic E-state index is 0.157. The van der Waals surface area contributed by atoms with Crippen LogP contribution in [0.4, 0.5) is 0 Å². The number of carbonyl (C=O) groups excluding carboxylic acids is 1. The third-order valence-electron chi connectivity index (χ3n) is 3.39. The number of hydrazone groups is 1. The lowest BCUT2D eigenvalue weighted by molar-refractivity contribution is -0.120. The number of amides is 1. The summed E-state index contributed by atoms with van der Waals surface area (Å²) < 4.78 is 12.4. The molecule has 1 amide bonds. The van der Waals surface area contributed by atoms with E-state index in [0.29, 0.717) is 25.4 Å². The molecule has 0 aliphatic rings. The Balaban J connectivity index is 2.03. The van der Waals surface area contributed by atoms with Crippen molar-refractivity contribution in [1.82, 2.24) is 5.43 Å². The van der Waals surface area contributed by atoms with Crippen LogP contribution in [0.5, 0.6) is 11.5 Å². The van der Waals surface area contributed by atoms with Crippen LogP contribution in [0, 0.1) is 3.57 Å². The fourth-order valence-electron chi connectivity index (χ4n) is 2.27. The predicted octanol–water partition coefficient (Wildman–Crippen LogP) is 4.17. The van der Waals surface area contributed by atoms with Crippen molar-refractivity contribution in [2.75, 3.05) is 13.2 Å². The number of benzene rings is 2. The van der Waals surface area contributed by atoms with Crippen molar-refractivity contribution in [3.8, 4) is 11.5 Å². The Morgan fingerprint density at radius 1 is 1.19 bits per heavy atom. The number of carbonyl (C=O) groups is 1. The van der Waals surface area contributed by atoms with Crippen LogP contribution in [0.25, 0.3) is 0 Å². The highest BCUT2D eigenvalue weighted by Crippen LogP contribution is 2.34. The summed E-state index contributed by atoms with van der Waals surface area (Å²) in [6, 6.07) is 13.4. The minimum atomic E-state index is -0.157. The van der Waals surface area contributed by atoms with E-state index in [1.54, 1.807) is 6.21 Å². The molecule has 0 fully saturated rings. The van der Waals surface area contributed by atoms with Gasteiger partial charge in [0.25, 0.3) is 0 Å². The Hall–Kier alpha value is -2.09. The molecule has 0 bridgehead atoms. The molecule has 2 rings (SSSR count). The van der Waals surface area contributed by atoms with Crippen LogP contribution < -0.4 is 14.9 Å². The molecular weight excluding hydrogens is 443 g/mol. The summed E-state index contributed by atoms with van der Waals surface area (Å²) in [4.78, 5) is 11.9. The summed E-state index contributed by atoms with van der Waals surface area (Å²) >= 11 is 2.22. The molecule has 2 aromatic rings. The molecule has 0 saturated carbocycles. The number of nitrogens with zero attached hydrogens (tertiary/aromatic N) is 1. The molecule has 0 aliphatic heterocycles. The zero-order valence-electron chi connectivity index (χ0n) is 15.0. The van der Waals surface area contributed by atoms with E-state index in [-0.39, 0.29) is 5.91 Å². The molecule has 0 atom stereocenters. The van der Waals surface area contributed by atoms with Crippen LogP contribution in [-0.2, 0) is 11.2 Å². The number of hydrogen-bond acceptors (Lipinski definition) is 4. The predicted molar refractivity (Wildman–Crippen MR) is 112 cm³/mol. The summed E-state index contributed by atoms with van der Waals surface area (Å²) in [5, 5.41) is 4.05. The highest BCUT2D eigenvalue weighted by atomic mass is 127. The Bertz CT molecular complexity index is 748. The van der Waals surface area contributed by atoms with Gasteiger partial charge in [0.15, 0.2) is 11.5 Å². The van der Waals surface area contributed by atoms with Gasteiger partial charge in [-0.05, 0) is 59.2 Å². The largest absolute Gasteiger partial charge is 0.490 e. The summed E-state index contributed by atoms with van der Waals surface area (Å²) in [5.41, 5.74) is 4.34. The molecule has 0 spiro atoms. The van der Waals surface area contributed by atoms with Crippen LogP contribution in [0.1, 0.15) is 31.4 Å². The van der Waals surface area contributed by atoms with E-state index < -0.39 is 0 Å². The van der Waals surface area contributed by atoms with E-state index in [9.17, 15) is 4.79 Å². The second kappa shape index (κ2) is 10.8. The van der Waals surface area contributed by atoms with Gasteiger partial charge in [-0.15, -0.1) is 0 Å². The van der Waals surface area contributed by atoms with Gasteiger partial charge in [0.2, 0.25) is 5.91 Å². The van der Waals surface area contributed by atoms with Crippen molar-refractivity contribution >= 4 is 34.7 Å². The molecule has 6 heteroatoms. The molecule has 0 radical (unpaired) electrons. The van der Waals surface area contributed by atoms with Crippen LogP contribution >= 0.6 is 22.6 Å². The molecule has 0 heterocycles. The lowest BCUT2D eigenvalue weighted by Gasteiger charge is -2.14. The number of nitrogens with one attached hydrogen (secondary N) is 1. The first-order valence-corrected chi connectivity index (χ1v) is 9.66. The second-order valence-corrected chi connectivity index (χ2v) is 6.73. The van der Waals surface area contributed by atoms with E-state index in [2.05, 4.69) is 40.0 Å². The van der Waals surface area contributed by atoms with Crippen molar-refractivity contribution in [3.05, 3.63) is 57.2 Å². The fourth-order valence-corrected chi connectivity index (χ4v) is 3.05. The highest BCUT2D eigenvalue weighted by molar-refractivity contribution is 14.1. The molecule has 26 heavy (non-hydrogen) atoms. The van der Waals surface area contributed by atoms with Gasteiger partial charge in [-0.25, -0.2) is 5.43 Å². The van der Waals surface area contributed by atoms with Gasteiger partial charge in [0.1, 0.15) is 0 Å². The van der Waals surface area contributed by atoms with Crippen LogP contribution in [-0.4, -0.2) is 25.3 Å². The van der Waals surface area contributed by atoms with Crippen molar-refractivity contribution < 1.29 is 14.3 Å². The summed E-state index contributed by atoms with van der Waals surface area (Å²) in [5.74, 6) is 1.28. The lowest BCUT2D eigenvalue weighted by atomic mass is 10.1. The van der Waals surface area contributed by atoms with E-state index in [1.165, 1.54) is 0 Å². The normalized spacial score (nSPS) is 10.7. The standard InChI is InChI=1S/C20H23IN2O3/c1-3-10-26-20-17(21)11-16(12-18(20)25-4-2)14-22-23-19(24)13-15-8-6-5-7-9-15/h5-9,11-12,14H,3-4,10,13H2,1-2H3,(H,23,24)/b22-14+. The van der Waals surface area contributed by atoms with Crippen LogP contribution in [0.2, 0.25) is 0 Å². The zero-order valence-corrected chi connectivity index (χ0v) is 17.2. The Kier molecular flexibility index (Phi) is 8.40. The first-order valence-electron chi connectivity index (χ1n) is 8.59. The highest BCUT2D eigenvalue weighted by Gasteiger charge is 2.11. The van der Waals surface area contributed by atoms with Gasteiger partial charge in [0, 0.05) is 0 Å². The first-order chi connectivity index (χ1) is 12.6. The van der Waals surface area contributed by atoms with Gasteiger partial charge in [0.05, 0.1) is 29.4 Å². The smallest absolute Gasteiger partial charge is 0.244 e. The van der Waals surface area contributed by atoms with E-state index in [0.717, 1.165) is 26.9 Å². The third kappa shape index (κ3) is 6.33. The molecule has 0 saturated heterocycles. The number of rotatable bonds is 9. The Morgan fingerprint density at radius 2 is 1.96 bits per heavy atom. The molecule has 0 aliphatic carbocycles. The fraction of sp³-hybridized carbons (Fsp3) is 0.300. The van der Waals surface area contributed by atoms with Crippen molar-refractivity contribution in [1.29, 1.82) is 0 Å². The summed E-state index contributed by atoms with van der Waals surface area (Å²) in [6.07, 6.45) is 2.83. The third-order valence-corrected chi connectivity index (χ3v) is 4.19. The van der Waals surface area contributed by atoms with Crippen molar-refractivity contribution in [2.24, 2.45) is 5.10 Å². The van der Waals surface area contributed by atoms with Gasteiger partial charge >= 0.3 is 0 Å². The molecule has 5 nitrogen and oxygen atoms in total. The molecular formula is C20H23IN2O3. The number of hydrogen-bond donors (Lipinski definition) is 1. The average Bonchev–Trinajstić information content (AvgIpc) is 2.62. The average molecular weight is 466 g/mol. The van der Waals surface area contributed by atoms with E-state index >= 15 is 0 Å². The van der Waals surface area contributed by atoms with Crippen LogP contribution in [0.15, 0.2) is 47.6 Å². The summed E-state index contributed by atoms with van der Waals surface area (Å²) in [6.45, 7) is 5.18. The molecule has 138 valence electrons. The van der Waals surface area contributed by atoms with E-state index in [4.69, 9.17) is 9.47 Å². The lowest BCUT2D eigenvalue weighted by Crippen LogP contribution is -2.19. The van der Waals surface area contributed by atoms with Crippen molar-refractivity contribution in [3.63, 3.8) is 0 Å². The maximum atomic E-state index is 11.9. The Labute approximate surface area is 167 Å². The Morgan fingerprint density at radius 3 is 2.65 bits per heavy atom. The molecule has 2 aromatic carbocycles. The minimum Gasteiger partial charge on any atom is -0.490 e. The first kappa shape index (κ1) is 20.2. The second-order valence-electron chi connectivity index (χ2n) is 5.57. The van der Waals surface area contributed by atoms with Crippen molar-refractivity contribution in [2.45, 2.75) is 26.7 Å². The molecule has 0 aromatic heterocycles. The number of halogens is 1. The topological polar surface area (TPSA) is 59.9 Å².